The number of ether oxygens (including phenoxy) is 1. The number of hydrogen-bond donors (Lipinski definition) is 3. The highest BCUT2D eigenvalue weighted by molar-refractivity contribution is 9.10. The van der Waals surface area contributed by atoms with Crippen molar-refractivity contribution in [1.29, 1.82) is 0 Å². The van der Waals surface area contributed by atoms with Crippen molar-refractivity contribution in [3.8, 4) is 5.75 Å². The summed E-state index contributed by atoms with van der Waals surface area (Å²) in [5.41, 5.74) is -0.617. The van der Waals surface area contributed by atoms with Gasteiger partial charge in [0, 0.05) is 4.47 Å². The highest BCUT2D eigenvalue weighted by atomic mass is 79.9. The van der Waals surface area contributed by atoms with Gasteiger partial charge in [-0.1, -0.05) is 28.1 Å². The molecule has 4 aromatic rings. The normalized spacial score (nSPS) is 16.2. The van der Waals surface area contributed by atoms with Gasteiger partial charge in [-0.3, -0.25) is 4.79 Å². The molecule has 1 amide bonds. The Morgan fingerprint density at radius 1 is 1.02 bits per heavy atom. The number of benzene rings is 3. The van der Waals surface area contributed by atoms with Gasteiger partial charge in [-0.25, -0.2) is 27.2 Å². The van der Waals surface area contributed by atoms with Crippen LogP contribution in [0.25, 0.3) is 11.0 Å². The van der Waals surface area contributed by atoms with Gasteiger partial charge in [-0.15, -0.1) is 13.2 Å². The van der Waals surface area contributed by atoms with E-state index in [1.165, 1.54) is 24.3 Å². The third-order valence-electron chi connectivity index (χ3n) is 6.36. The fourth-order valence-electron chi connectivity index (χ4n) is 4.43. The summed E-state index contributed by atoms with van der Waals surface area (Å²) in [6, 6.07) is 9.49. The van der Waals surface area contributed by atoms with E-state index in [2.05, 4.69) is 35.4 Å². The maximum Gasteiger partial charge on any atom is 0.573 e. The Kier molecular flexibility index (Phi) is 8.30. The smallest absolute Gasteiger partial charge is 0.404 e. The molecule has 1 saturated heterocycles. The van der Waals surface area contributed by atoms with Crippen LogP contribution >= 0.6 is 15.9 Å². The molecule has 5 rings (SSSR count). The maximum atomic E-state index is 13.5. The van der Waals surface area contributed by atoms with Gasteiger partial charge >= 0.3 is 22.7 Å². The van der Waals surface area contributed by atoms with Crippen LogP contribution in [0.2, 0.25) is 0 Å². The number of alkyl halides is 6. The number of carbonyl (C=O) groups is 1. The molecule has 0 saturated carbocycles. The number of nitrogens with zero attached hydrogens (tertiary/aromatic N) is 2. The molecule has 45 heavy (non-hydrogen) atoms. The molecule has 0 spiro atoms. The van der Waals surface area contributed by atoms with E-state index >= 15 is 0 Å². The first kappa shape index (κ1) is 32.5. The van der Waals surface area contributed by atoms with Gasteiger partial charge < -0.3 is 9.72 Å². The molecule has 3 aromatic carbocycles. The number of carbonyl (C=O) groups excluding carboxylic acids is 1. The Morgan fingerprint density at radius 3 is 2.31 bits per heavy atom. The molecule has 0 radical (unpaired) electrons. The van der Waals surface area contributed by atoms with Crippen LogP contribution in [0.1, 0.15) is 23.0 Å². The molecule has 0 bridgehead atoms. The maximum absolute atomic E-state index is 13.5. The zero-order valence-electron chi connectivity index (χ0n) is 22.1. The minimum atomic E-state index is -5.25. The zero-order chi connectivity index (χ0) is 32.9. The number of aromatic amines is 1. The van der Waals surface area contributed by atoms with E-state index in [-0.39, 0.29) is 33.4 Å². The monoisotopic (exact) mass is 741 g/mol. The van der Waals surface area contributed by atoms with Gasteiger partial charge in [0.25, 0.3) is 5.91 Å². The molecule has 20 heteroatoms. The van der Waals surface area contributed by atoms with Crippen molar-refractivity contribution in [3.63, 3.8) is 0 Å². The minimum Gasteiger partial charge on any atom is -0.404 e. The van der Waals surface area contributed by atoms with Gasteiger partial charge in [0.1, 0.15) is 17.3 Å². The lowest BCUT2D eigenvalue weighted by molar-refractivity contribution is -0.275. The molecular weight excluding hydrogens is 724 g/mol. The Bertz CT molecular complexity index is 2000. The van der Waals surface area contributed by atoms with Gasteiger partial charge in [0.15, 0.2) is 5.75 Å². The zero-order valence-corrected chi connectivity index (χ0v) is 25.3. The molecule has 0 unspecified atom stereocenters. The van der Waals surface area contributed by atoms with Crippen LogP contribution in [-0.2, 0) is 37.6 Å². The lowest BCUT2D eigenvalue weighted by Gasteiger charge is -2.20. The number of halogens is 7. The average molecular weight is 742 g/mol. The van der Waals surface area contributed by atoms with Crippen molar-refractivity contribution in [3.05, 3.63) is 82.1 Å². The van der Waals surface area contributed by atoms with Gasteiger partial charge in [0.2, 0.25) is 10.0 Å². The van der Waals surface area contributed by atoms with Crippen LogP contribution in [0, 0.1) is 0 Å². The number of sulfonamides is 1. The summed E-state index contributed by atoms with van der Waals surface area (Å²) in [5, 5.41) is 0. The Labute approximate surface area is 258 Å². The van der Waals surface area contributed by atoms with Crippen molar-refractivity contribution in [2.45, 2.75) is 29.9 Å². The van der Waals surface area contributed by atoms with Crippen molar-refractivity contribution < 1.29 is 52.7 Å². The second-order valence-electron chi connectivity index (χ2n) is 9.57. The molecule has 240 valence electrons. The summed E-state index contributed by atoms with van der Waals surface area (Å²) in [6.45, 7) is -0.474. The summed E-state index contributed by atoms with van der Waals surface area (Å²) in [7, 11) is -8.95. The highest BCUT2D eigenvalue weighted by Gasteiger charge is 2.36. The van der Waals surface area contributed by atoms with Crippen LogP contribution < -0.4 is 18.5 Å². The van der Waals surface area contributed by atoms with E-state index in [1.54, 1.807) is 0 Å². The first-order valence-corrected chi connectivity index (χ1v) is 16.1. The van der Waals surface area contributed by atoms with Gasteiger partial charge in [0.05, 0.1) is 28.3 Å². The lowest BCUT2D eigenvalue weighted by atomic mass is 10.1. The Morgan fingerprint density at radius 2 is 1.71 bits per heavy atom. The van der Waals surface area contributed by atoms with Crippen molar-refractivity contribution >= 4 is 58.8 Å². The number of H-pyrrole nitrogens is 1. The predicted molar refractivity (Wildman–Crippen MR) is 150 cm³/mol. The standard InChI is InChI=1S/C25H18BrF6N5O6S2/c26-15-4-8-21(20(11-15)43-25(30,31)32)44(39,40)35-19(23-33-17-7-3-14(24(27,28)29)10-18(17)34-23)9-13-1-5-16(6-2-13)37-12-22(38)36-45(37,41)42/h1-8,10-11,19,35H,9,12H2,(H,33,34)(H,36,38)/t19-/m0/s1. The van der Waals surface area contributed by atoms with Crippen LogP contribution in [0.3, 0.4) is 0 Å². The summed E-state index contributed by atoms with van der Waals surface area (Å²) in [5.74, 6) is -1.99. The molecule has 1 aliphatic rings. The number of anilines is 1. The van der Waals surface area contributed by atoms with E-state index in [0.717, 1.165) is 40.7 Å². The van der Waals surface area contributed by atoms with Crippen LogP contribution in [0.4, 0.5) is 32.0 Å². The fraction of sp³-hybridized carbons (Fsp3) is 0.200. The molecular formula is C25H18BrF6N5O6S2. The number of nitrogens with one attached hydrogen (secondary N) is 3. The number of rotatable bonds is 8. The molecule has 3 N–H and O–H groups in total. The molecule has 1 atom stereocenters. The summed E-state index contributed by atoms with van der Waals surface area (Å²) < 4.78 is 139. The quantitative estimate of drug-likeness (QED) is 0.222. The Balaban J connectivity index is 1.53. The van der Waals surface area contributed by atoms with E-state index in [0.29, 0.717) is 5.56 Å². The van der Waals surface area contributed by atoms with E-state index < -0.39 is 67.5 Å². The molecule has 2 heterocycles. The van der Waals surface area contributed by atoms with Crippen LogP contribution in [0.15, 0.2) is 70.0 Å². The molecule has 1 aromatic heterocycles. The summed E-state index contributed by atoms with van der Waals surface area (Å²) in [4.78, 5) is 17.6. The predicted octanol–water partition coefficient (Wildman–Crippen LogP) is 4.69. The molecule has 1 fully saturated rings. The van der Waals surface area contributed by atoms with Crippen molar-refractivity contribution in [1.82, 2.24) is 19.4 Å². The number of fused-ring (bicyclic) bond motifs is 1. The first-order valence-electron chi connectivity index (χ1n) is 12.4. The highest BCUT2D eigenvalue weighted by Crippen LogP contribution is 2.35. The summed E-state index contributed by atoms with van der Waals surface area (Å²) in [6.07, 6.45) is -10.2. The minimum absolute atomic E-state index is 0.0405. The molecule has 0 aliphatic carbocycles. The fourth-order valence-corrected chi connectivity index (χ4v) is 7.23. The molecule has 1 aliphatic heterocycles. The van der Waals surface area contributed by atoms with Crippen LogP contribution in [0.5, 0.6) is 5.75 Å². The summed E-state index contributed by atoms with van der Waals surface area (Å²) >= 11 is 2.96. The number of aromatic nitrogens is 2. The number of hydrogen-bond acceptors (Lipinski definition) is 7. The van der Waals surface area contributed by atoms with Crippen molar-refractivity contribution in [2.75, 3.05) is 10.8 Å². The SMILES string of the molecule is O=C1CN(c2ccc(C[C@H](NS(=O)(=O)c3ccc(Br)cc3OC(F)(F)F)c3nc4ccc(C(F)(F)F)cc4[nH]3)cc2)S(=O)(=O)N1. The lowest BCUT2D eigenvalue weighted by Crippen LogP contribution is -2.32. The first-order chi connectivity index (χ1) is 20.8. The largest absolute Gasteiger partial charge is 0.573 e. The van der Waals surface area contributed by atoms with Crippen LogP contribution in [-0.4, -0.2) is 45.6 Å². The number of amides is 1. The van der Waals surface area contributed by atoms with E-state index in [4.69, 9.17) is 0 Å². The van der Waals surface area contributed by atoms with Gasteiger partial charge in [-0.2, -0.15) is 21.6 Å². The van der Waals surface area contributed by atoms with E-state index in [1.807, 2.05) is 4.72 Å². The molecule has 11 nitrogen and oxygen atoms in total. The van der Waals surface area contributed by atoms with E-state index in [9.17, 15) is 48.0 Å². The van der Waals surface area contributed by atoms with Crippen molar-refractivity contribution in [2.24, 2.45) is 0 Å². The van der Waals surface area contributed by atoms with Gasteiger partial charge in [-0.05, 0) is 60.5 Å². The topological polar surface area (TPSA) is 151 Å². The second kappa shape index (κ2) is 11.5. The number of imidazole rings is 1. The third kappa shape index (κ3) is 7.34. The third-order valence-corrected chi connectivity index (χ3v) is 9.77. The Hall–Kier alpha value is -3.88. The second-order valence-corrected chi connectivity index (χ2v) is 13.8. The average Bonchev–Trinajstić information content (AvgIpc) is 3.45.